The molecule has 1 N–H and O–H groups in total. The summed E-state index contributed by atoms with van der Waals surface area (Å²) in [6, 6.07) is 3.12. The molecule has 22 heavy (non-hydrogen) atoms. The van der Waals surface area contributed by atoms with Crippen LogP contribution < -0.4 is 0 Å². The third-order valence-corrected chi connectivity index (χ3v) is 2.73. The molecule has 0 aromatic heterocycles. The normalized spacial score (nSPS) is 11.1. The Morgan fingerprint density at radius 1 is 1.32 bits per heavy atom. The summed E-state index contributed by atoms with van der Waals surface area (Å²) in [6.45, 7) is 4.98. The minimum Gasteiger partial charge on any atom is -0.478 e. The Balaban J connectivity index is 2.67. The summed E-state index contributed by atoms with van der Waals surface area (Å²) < 4.78 is 30.8. The minimum atomic E-state index is -1.17. The Labute approximate surface area is 126 Å². The number of esters is 1. The van der Waals surface area contributed by atoms with Crippen LogP contribution in [-0.4, -0.2) is 23.7 Å². The zero-order valence-corrected chi connectivity index (χ0v) is 12.1. The van der Waals surface area contributed by atoms with Crippen LogP contribution in [0.25, 0.3) is 6.08 Å². The lowest BCUT2D eigenvalue weighted by molar-refractivity contribution is -0.139. The minimum absolute atomic E-state index is 0.0115. The van der Waals surface area contributed by atoms with E-state index in [0.29, 0.717) is 6.42 Å². The Bertz CT molecular complexity index is 621. The molecule has 0 bridgehead atoms. The summed E-state index contributed by atoms with van der Waals surface area (Å²) in [5.74, 6) is -3.76. The van der Waals surface area contributed by atoms with Gasteiger partial charge in [0.15, 0.2) is 11.6 Å². The summed E-state index contributed by atoms with van der Waals surface area (Å²) >= 11 is 0. The van der Waals surface area contributed by atoms with E-state index in [1.807, 2.05) is 0 Å². The molecular formula is C16H16F2O4. The molecule has 6 heteroatoms. The quantitative estimate of drug-likeness (QED) is 0.476. The van der Waals surface area contributed by atoms with Crippen molar-refractivity contribution in [3.05, 3.63) is 53.1 Å². The molecule has 0 aliphatic rings. The molecule has 0 aliphatic carbocycles. The standard InChI is InChI=1S/C16H16F2O4/c1-10(2)16(21)22-7-3-4-12(15(19)20)8-11-5-6-13(17)14(18)9-11/h5-6,8-9H,1,3-4,7H2,2H3,(H,19,20). The Morgan fingerprint density at radius 2 is 2.00 bits per heavy atom. The van der Waals surface area contributed by atoms with Gasteiger partial charge in [0.2, 0.25) is 0 Å². The van der Waals surface area contributed by atoms with Gasteiger partial charge in [-0.05, 0) is 43.5 Å². The number of carbonyl (C=O) groups is 2. The van der Waals surface area contributed by atoms with Crippen molar-refractivity contribution in [2.24, 2.45) is 0 Å². The predicted molar refractivity (Wildman–Crippen MR) is 77.0 cm³/mol. The molecule has 4 nitrogen and oxygen atoms in total. The molecule has 0 spiro atoms. The number of ether oxygens (including phenoxy) is 1. The van der Waals surface area contributed by atoms with Crippen LogP contribution in [0.15, 0.2) is 35.9 Å². The summed E-state index contributed by atoms with van der Waals surface area (Å²) in [6.07, 6.45) is 1.67. The van der Waals surface area contributed by atoms with E-state index in [2.05, 4.69) is 6.58 Å². The molecule has 1 aromatic rings. The van der Waals surface area contributed by atoms with Crippen LogP contribution in [0, 0.1) is 11.6 Å². The van der Waals surface area contributed by atoms with E-state index in [1.165, 1.54) is 19.1 Å². The number of hydrogen-bond donors (Lipinski definition) is 1. The maximum absolute atomic E-state index is 13.1. The smallest absolute Gasteiger partial charge is 0.333 e. The van der Waals surface area contributed by atoms with Gasteiger partial charge in [-0.3, -0.25) is 0 Å². The number of carboxylic acid groups (broad SMARTS) is 1. The second kappa shape index (κ2) is 8.07. The number of aliphatic carboxylic acids is 1. The van der Waals surface area contributed by atoms with Gasteiger partial charge in [0.25, 0.3) is 0 Å². The van der Waals surface area contributed by atoms with E-state index in [9.17, 15) is 18.4 Å². The lowest BCUT2D eigenvalue weighted by Crippen LogP contribution is -2.08. The number of carbonyl (C=O) groups excluding carboxylic acids is 1. The summed E-state index contributed by atoms with van der Waals surface area (Å²) in [4.78, 5) is 22.3. The van der Waals surface area contributed by atoms with Crippen molar-refractivity contribution in [1.29, 1.82) is 0 Å². The largest absolute Gasteiger partial charge is 0.478 e. The lowest BCUT2D eigenvalue weighted by Gasteiger charge is -2.05. The van der Waals surface area contributed by atoms with E-state index >= 15 is 0 Å². The first kappa shape index (κ1) is 17.6. The van der Waals surface area contributed by atoms with Crippen molar-refractivity contribution in [3.63, 3.8) is 0 Å². The van der Waals surface area contributed by atoms with Gasteiger partial charge in [0.05, 0.1) is 6.61 Å². The van der Waals surface area contributed by atoms with Crippen LogP contribution in [0.3, 0.4) is 0 Å². The Kier molecular flexibility index (Phi) is 6.44. The van der Waals surface area contributed by atoms with Gasteiger partial charge in [0.1, 0.15) is 0 Å². The SMILES string of the molecule is C=C(C)C(=O)OCCCC(=Cc1ccc(F)c(F)c1)C(=O)O. The van der Waals surface area contributed by atoms with Crippen molar-refractivity contribution in [3.8, 4) is 0 Å². The van der Waals surface area contributed by atoms with Crippen LogP contribution >= 0.6 is 0 Å². The van der Waals surface area contributed by atoms with Crippen molar-refractivity contribution in [2.75, 3.05) is 6.61 Å². The van der Waals surface area contributed by atoms with Crippen LogP contribution in [0.1, 0.15) is 25.3 Å². The highest BCUT2D eigenvalue weighted by atomic mass is 19.2. The maximum atomic E-state index is 13.1. The number of hydrogen-bond acceptors (Lipinski definition) is 3. The van der Waals surface area contributed by atoms with Crippen molar-refractivity contribution in [2.45, 2.75) is 19.8 Å². The molecule has 0 saturated heterocycles. The van der Waals surface area contributed by atoms with E-state index < -0.39 is 23.6 Å². The van der Waals surface area contributed by atoms with E-state index in [4.69, 9.17) is 9.84 Å². The molecule has 0 radical (unpaired) electrons. The monoisotopic (exact) mass is 310 g/mol. The third-order valence-electron chi connectivity index (χ3n) is 2.73. The molecule has 0 saturated carbocycles. The van der Waals surface area contributed by atoms with E-state index in [1.54, 1.807) is 0 Å². The van der Waals surface area contributed by atoms with Crippen LogP contribution in [0.4, 0.5) is 8.78 Å². The molecule has 0 amide bonds. The predicted octanol–water partition coefficient (Wildman–Crippen LogP) is 3.33. The number of halogens is 2. The number of rotatable bonds is 7. The van der Waals surface area contributed by atoms with Crippen LogP contribution in [-0.2, 0) is 14.3 Å². The first-order valence-corrected chi connectivity index (χ1v) is 6.53. The third kappa shape index (κ3) is 5.47. The summed E-state index contributed by atoms with van der Waals surface area (Å²) in [5, 5.41) is 9.10. The van der Waals surface area contributed by atoms with Crippen molar-refractivity contribution >= 4 is 18.0 Å². The molecule has 0 atom stereocenters. The number of benzene rings is 1. The molecule has 0 aliphatic heterocycles. The van der Waals surface area contributed by atoms with Crippen molar-refractivity contribution < 1.29 is 28.2 Å². The zero-order valence-electron chi connectivity index (χ0n) is 12.1. The Morgan fingerprint density at radius 3 is 2.55 bits per heavy atom. The zero-order chi connectivity index (χ0) is 16.7. The molecule has 0 fully saturated rings. The fraction of sp³-hybridized carbons (Fsp3) is 0.250. The topological polar surface area (TPSA) is 63.6 Å². The van der Waals surface area contributed by atoms with Gasteiger partial charge in [-0.25, -0.2) is 18.4 Å². The van der Waals surface area contributed by atoms with Crippen LogP contribution in [0.2, 0.25) is 0 Å². The maximum Gasteiger partial charge on any atom is 0.333 e. The van der Waals surface area contributed by atoms with E-state index in [0.717, 1.165) is 12.1 Å². The second-order valence-corrected chi connectivity index (χ2v) is 4.67. The molecule has 1 aromatic carbocycles. The fourth-order valence-electron chi connectivity index (χ4n) is 1.59. The average molecular weight is 310 g/mol. The molecule has 118 valence electrons. The highest BCUT2D eigenvalue weighted by Gasteiger charge is 2.10. The van der Waals surface area contributed by atoms with E-state index in [-0.39, 0.29) is 29.7 Å². The molecule has 0 unspecified atom stereocenters. The summed E-state index contributed by atoms with van der Waals surface area (Å²) in [5.41, 5.74) is 0.517. The molecule has 0 heterocycles. The second-order valence-electron chi connectivity index (χ2n) is 4.67. The van der Waals surface area contributed by atoms with Crippen molar-refractivity contribution in [1.82, 2.24) is 0 Å². The van der Waals surface area contributed by atoms with Gasteiger partial charge in [-0.15, -0.1) is 0 Å². The molecule has 1 rings (SSSR count). The highest BCUT2D eigenvalue weighted by Crippen LogP contribution is 2.15. The first-order chi connectivity index (χ1) is 10.3. The highest BCUT2D eigenvalue weighted by molar-refractivity contribution is 5.92. The first-order valence-electron chi connectivity index (χ1n) is 6.53. The number of carboxylic acids is 1. The summed E-state index contributed by atoms with van der Waals surface area (Å²) in [7, 11) is 0. The van der Waals surface area contributed by atoms with Gasteiger partial charge in [-0.1, -0.05) is 12.6 Å². The van der Waals surface area contributed by atoms with Gasteiger partial charge >= 0.3 is 11.9 Å². The van der Waals surface area contributed by atoms with Crippen LogP contribution in [0.5, 0.6) is 0 Å². The van der Waals surface area contributed by atoms with Gasteiger partial charge in [-0.2, -0.15) is 0 Å². The average Bonchev–Trinajstić information content (AvgIpc) is 2.45. The Hall–Kier alpha value is -2.50. The van der Waals surface area contributed by atoms with Gasteiger partial charge in [0, 0.05) is 11.1 Å². The fourth-order valence-corrected chi connectivity index (χ4v) is 1.59. The van der Waals surface area contributed by atoms with Gasteiger partial charge < -0.3 is 9.84 Å². The molecular weight excluding hydrogens is 294 g/mol. The lowest BCUT2D eigenvalue weighted by atomic mass is 10.1.